The minimum Gasteiger partial charge on any atom is -0.321 e. The molecule has 2 saturated carbocycles. The summed E-state index contributed by atoms with van der Waals surface area (Å²) in [6.07, 6.45) is 10.6. The zero-order valence-corrected chi connectivity index (χ0v) is 26.1. The summed E-state index contributed by atoms with van der Waals surface area (Å²) in [6, 6.07) is 13.9. The highest BCUT2D eigenvalue weighted by Crippen LogP contribution is 2.51. The molecular weight excluding hydrogens is 562 g/mol. The monoisotopic (exact) mass is 603 g/mol. The SMILES string of the molecule is CC(C)n1nccc1C(=O)N1CC2(CCCC2)c2cc(C(=O)Nc3ccccc3S(=O)(=O)N(C)C3CCCCC3)ccc21. The van der Waals surface area contributed by atoms with Crippen molar-refractivity contribution in [3.8, 4) is 0 Å². The molecule has 2 aromatic carbocycles. The van der Waals surface area contributed by atoms with E-state index in [9.17, 15) is 18.0 Å². The lowest BCUT2D eigenvalue weighted by molar-refractivity contribution is 0.0971. The number of nitrogens with zero attached hydrogens (tertiary/aromatic N) is 4. The van der Waals surface area contributed by atoms with Crippen LogP contribution in [0.25, 0.3) is 0 Å². The first-order valence-electron chi connectivity index (χ1n) is 15.5. The molecule has 43 heavy (non-hydrogen) atoms. The van der Waals surface area contributed by atoms with Gasteiger partial charge in [0.05, 0.1) is 5.69 Å². The van der Waals surface area contributed by atoms with E-state index in [1.54, 1.807) is 54.3 Å². The van der Waals surface area contributed by atoms with Crippen LogP contribution in [0.4, 0.5) is 11.4 Å². The number of fused-ring (bicyclic) bond motifs is 2. The molecule has 1 aliphatic heterocycles. The van der Waals surface area contributed by atoms with E-state index in [-0.39, 0.29) is 39.9 Å². The average molecular weight is 604 g/mol. The fraction of sp³-hybridized carbons (Fsp3) is 0.485. The standard InChI is InChI=1S/C33H41N5O4S/c1-23(2)38-29(17-20-34-38)32(40)37-22-33(18-9-10-19-33)26-21-24(15-16-28(26)37)31(39)35-27-13-7-8-14-30(27)43(41,42)36(3)25-11-5-4-6-12-25/h7-8,13-17,20-21,23,25H,4-6,9-12,18-19,22H2,1-3H3,(H,35,39). The number of anilines is 2. The Labute approximate surface area is 254 Å². The maximum atomic E-state index is 13.8. The van der Waals surface area contributed by atoms with Crippen LogP contribution >= 0.6 is 0 Å². The lowest BCUT2D eigenvalue weighted by atomic mass is 9.80. The third-order valence-electron chi connectivity index (χ3n) is 9.65. The lowest BCUT2D eigenvalue weighted by Gasteiger charge is -2.31. The van der Waals surface area contributed by atoms with E-state index < -0.39 is 10.0 Å². The van der Waals surface area contributed by atoms with Crippen molar-refractivity contribution in [1.29, 1.82) is 0 Å². The second kappa shape index (κ2) is 11.5. The van der Waals surface area contributed by atoms with Gasteiger partial charge >= 0.3 is 0 Å². The molecule has 10 heteroatoms. The van der Waals surface area contributed by atoms with Crippen molar-refractivity contribution in [2.75, 3.05) is 23.8 Å². The Morgan fingerprint density at radius 3 is 2.44 bits per heavy atom. The summed E-state index contributed by atoms with van der Waals surface area (Å²) in [5.41, 5.74) is 2.91. The van der Waals surface area contributed by atoms with Crippen molar-refractivity contribution in [3.05, 3.63) is 71.5 Å². The normalized spacial score (nSPS) is 18.5. The van der Waals surface area contributed by atoms with Gasteiger partial charge in [-0.25, -0.2) is 8.42 Å². The number of aromatic nitrogens is 2. The molecule has 1 spiro atoms. The van der Waals surface area contributed by atoms with Gasteiger partial charge in [0.1, 0.15) is 10.6 Å². The second-order valence-corrected chi connectivity index (χ2v) is 14.6. The first kappa shape index (κ1) is 29.6. The largest absolute Gasteiger partial charge is 0.321 e. The van der Waals surface area contributed by atoms with E-state index in [2.05, 4.69) is 10.4 Å². The van der Waals surface area contributed by atoms with Crippen molar-refractivity contribution < 1.29 is 18.0 Å². The Bertz CT molecular complexity index is 1630. The fourth-order valence-corrected chi connectivity index (χ4v) is 8.85. The van der Waals surface area contributed by atoms with Gasteiger partial charge in [0.25, 0.3) is 11.8 Å². The van der Waals surface area contributed by atoms with Gasteiger partial charge in [0, 0.05) is 48.5 Å². The molecular formula is C33H41N5O4S. The molecule has 0 bridgehead atoms. The summed E-state index contributed by atoms with van der Waals surface area (Å²) in [7, 11) is -2.16. The van der Waals surface area contributed by atoms with E-state index in [4.69, 9.17) is 0 Å². The fourth-order valence-electron chi connectivity index (χ4n) is 7.29. The number of carbonyl (C=O) groups excluding carboxylic acids is 2. The number of hydrogen-bond acceptors (Lipinski definition) is 5. The summed E-state index contributed by atoms with van der Waals surface area (Å²) in [4.78, 5) is 29.4. The van der Waals surface area contributed by atoms with Gasteiger partial charge in [-0.1, -0.05) is 44.2 Å². The maximum Gasteiger partial charge on any atom is 0.276 e. The molecule has 3 aliphatic rings. The Morgan fingerprint density at radius 2 is 1.72 bits per heavy atom. The molecule has 2 amide bonds. The van der Waals surface area contributed by atoms with E-state index in [0.717, 1.165) is 69.0 Å². The Kier molecular flexibility index (Phi) is 7.93. The molecule has 2 heterocycles. The van der Waals surface area contributed by atoms with Gasteiger partial charge in [-0.05, 0) is 81.5 Å². The number of sulfonamides is 1. The van der Waals surface area contributed by atoms with Crippen LogP contribution < -0.4 is 10.2 Å². The highest BCUT2D eigenvalue weighted by molar-refractivity contribution is 7.89. The van der Waals surface area contributed by atoms with Gasteiger partial charge in [0.2, 0.25) is 10.0 Å². The highest BCUT2D eigenvalue weighted by atomic mass is 32.2. The van der Waals surface area contributed by atoms with Gasteiger partial charge in [-0.15, -0.1) is 0 Å². The molecule has 0 unspecified atom stereocenters. The highest BCUT2D eigenvalue weighted by Gasteiger charge is 2.47. The topological polar surface area (TPSA) is 105 Å². The van der Waals surface area contributed by atoms with E-state index in [1.807, 2.05) is 30.9 Å². The molecule has 0 saturated heterocycles. The van der Waals surface area contributed by atoms with Crippen molar-refractivity contribution >= 4 is 33.2 Å². The van der Waals surface area contributed by atoms with Gasteiger partial charge in [-0.2, -0.15) is 9.40 Å². The molecule has 228 valence electrons. The molecule has 9 nitrogen and oxygen atoms in total. The average Bonchev–Trinajstić information content (AvgIpc) is 3.77. The van der Waals surface area contributed by atoms with E-state index in [0.29, 0.717) is 17.8 Å². The zero-order valence-electron chi connectivity index (χ0n) is 25.3. The van der Waals surface area contributed by atoms with Crippen LogP contribution in [0.3, 0.4) is 0 Å². The quantitative estimate of drug-likeness (QED) is 0.349. The number of para-hydroxylation sites is 1. The number of rotatable bonds is 7. The minimum atomic E-state index is -3.81. The molecule has 0 atom stereocenters. The van der Waals surface area contributed by atoms with Gasteiger partial charge in [-0.3, -0.25) is 14.3 Å². The Balaban J connectivity index is 1.29. The third-order valence-corrected chi connectivity index (χ3v) is 11.6. The van der Waals surface area contributed by atoms with Crippen LogP contribution in [0.15, 0.2) is 59.6 Å². The summed E-state index contributed by atoms with van der Waals surface area (Å²) >= 11 is 0. The third kappa shape index (κ3) is 5.29. The molecule has 6 rings (SSSR count). The first-order valence-corrected chi connectivity index (χ1v) is 16.9. The second-order valence-electron chi connectivity index (χ2n) is 12.6. The molecule has 0 radical (unpaired) electrons. The predicted molar refractivity (Wildman–Crippen MR) is 167 cm³/mol. The van der Waals surface area contributed by atoms with Crippen molar-refractivity contribution in [2.24, 2.45) is 0 Å². The number of carbonyl (C=O) groups is 2. The number of nitrogens with one attached hydrogen (secondary N) is 1. The van der Waals surface area contributed by atoms with Crippen LogP contribution in [-0.4, -0.2) is 54.0 Å². The van der Waals surface area contributed by atoms with Gasteiger partial charge < -0.3 is 10.2 Å². The van der Waals surface area contributed by atoms with Crippen LogP contribution in [0.5, 0.6) is 0 Å². The van der Waals surface area contributed by atoms with Crippen LogP contribution in [0.2, 0.25) is 0 Å². The van der Waals surface area contributed by atoms with Crippen LogP contribution in [0.1, 0.15) is 104 Å². The van der Waals surface area contributed by atoms with E-state index >= 15 is 0 Å². The minimum absolute atomic E-state index is 0.0355. The maximum absolute atomic E-state index is 13.8. The first-order chi connectivity index (χ1) is 20.6. The number of amides is 2. The molecule has 3 aromatic rings. The molecule has 2 aliphatic carbocycles. The van der Waals surface area contributed by atoms with Crippen molar-refractivity contribution in [3.63, 3.8) is 0 Å². The number of benzene rings is 2. The molecule has 1 N–H and O–H groups in total. The summed E-state index contributed by atoms with van der Waals surface area (Å²) in [5.74, 6) is -0.462. The Morgan fingerprint density at radius 1 is 1.00 bits per heavy atom. The zero-order chi connectivity index (χ0) is 30.4. The predicted octanol–water partition coefficient (Wildman–Crippen LogP) is 6.14. The summed E-state index contributed by atoms with van der Waals surface area (Å²) < 4.78 is 30.6. The smallest absolute Gasteiger partial charge is 0.276 e. The van der Waals surface area contributed by atoms with Crippen molar-refractivity contribution in [1.82, 2.24) is 14.1 Å². The molecule has 1 aromatic heterocycles. The number of hydrogen-bond donors (Lipinski definition) is 1. The van der Waals surface area contributed by atoms with Crippen molar-refractivity contribution in [2.45, 2.75) is 94.0 Å². The Hall–Kier alpha value is -3.50. The molecule has 2 fully saturated rings. The summed E-state index contributed by atoms with van der Waals surface area (Å²) in [6.45, 7) is 4.58. The van der Waals surface area contributed by atoms with E-state index in [1.165, 1.54) is 4.31 Å². The van der Waals surface area contributed by atoms with Gasteiger partial charge in [0.15, 0.2) is 0 Å². The van der Waals surface area contributed by atoms with Crippen LogP contribution in [-0.2, 0) is 15.4 Å². The van der Waals surface area contributed by atoms with Crippen LogP contribution in [0, 0.1) is 0 Å². The lowest BCUT2D eigenvalue weighted by Crippen LogP contribution is -2.38. The summed E-state index contributed by atoms with van der Waals surface area (Å²) in [5, 5.41) is 7.26.